The van der Waals surface area contributed by atoms with E-state index in [2.05, 4.69) is 15.6 Å². The number of aromatic nitrogens is 1. The highest BCUT2D eigenvalue weighted by molar-refractivity contribution is 6.30. The zero-order valence-corrected chi connectivity index (χ0v) is 15.3. The summed E-state index contributed by atoms with van der Waals surface area (Å²) in [7, 11) is 0. The summed E-state index contributed by atoms with van der Waals surface area (Å²) < 4.78 is 19.6. The number of hydrogen-bond donors (Lipinski definition) is 2. The fourth-order valence-corrected chi connectivity index (χ4v) is 2.88. The van der Waals surface area contributed by atoms with E-state index in [0.717, 1.165) is 18.9 Å². The van der Waals surface area contributed by atoms with E-state index in [4.69, 9.17) is 21.6 Å². The van der Waals surface area contributed by atoms with Gasteiger partial charge in [-0.2, -0.15) is 5.26 Å². The first-order valence-electron chi connectivity index (χ1n) is 8.21. The maximum absolute atomic E-state index is 14.1. The quantitative estimate of drug-likeness (QED) is 0.787. The van der Waals surface area contributed by atoms with E-state index < -0.39 is 23.6 Å². The predicted molar refractivity (Wildman–Crippen MR) is 93.0 cm³/mol. The van der Waals surface area contributed by atoms with Crippen LogP contribution < -0.4 is 10.6 Å². The first-order chi connectivity index (χ1) is 11.7. The van der Waals surface area contributed by atoms with Gasteiger partial charge in [0, 0.05) is 5.54 Å². The van der Waals surface area contributed by atoms with Gasteiger partial charge in [-0.1, -0.05) is 18.0 Å². The van der Waals surface area contributed by atoms with Crippen molar-refractivity contribution in [1.29, 1.82) is 5.26 Å². The maximum Gasteiger partial charge on any atom is 0.407 e. The topological polar surface area (TPSA) is 87.0 Å². The smallest absolute Gasteiger partial charge is 0.407 e. The Hall–Kier alpha value is -2.07. The first kappa shape index (κ1) is 19.3. The molecule has 0 bridgehead atoms. The van der Waals surface area contributed by atoms with Crippen LogP contribution in [0.15, 0.2) is 6.07 Å². The Kier molecular flexibility index (Phi) is 6.07. The lowest BCUT2D eigenvalue weighted by Gasteiger charge is -2.33. The molecular weight excluding hydrogens is 347 g/mol. The van der Waals surface area contributed by atoms with Crippen LogP contribution in [0.1, 0.15) is 52.0 Å². The Morgan fingerprint density at radius 3 is 2.76 bits per heavy atom. The highest BCUT2D eigenvalue weighted by Gasteiger charge is 2.30. The number of amides is 1. The van der Waals surface area contributed by atoms with Crippen molar-refractivity contribution >= 4 is 23.5 Å². The number of halogens is 2. The highest BCUT2D eigenvalue weighted by Crippen LogP contribution is 2.27. The normalized spacial score (nSPS) is 20.5. The van der Waals surface area contributed by atoms with Gasteiger partial charge in [0.1, 0.15) is 17.3 Å². The molecule has 2 atom stereocenters. The molecule has 0 aliphatic heterocycles. The molecule has 1 aromatic rings. The standard InChI is InChI=1S/C17H22ClFN4O2/c1-17(2,3)23-16(24)25-13-7-5-4-6-12(13)21-15-11(19)8-10(9-20)14(18)22-15/h8,12-13H,4-7H2,1-3H3,(H,21,22)(H,23,24)/t12-,13+/m1/s1. The summed E-state index contributed by atoms with van der Waals surface area (Å²) in [5.74, 6) is -0.704. The number of hydrogen-bond acceptors (Lipinski definition) is 5. The second-order valence-electron chi connectivity index (χ2n) is 7.12. The summed E-state index contributed by atoms with van der Waals surface area (Å²) in [4.78, 5) is 15.9. The van der Waals surface area contributed by atoms with Gasteiger partial charge in [-0.3, -0.25) is 0 Å². The molecule has 25 heavy (non-hydrogen) atoms. The van der Waals surface area contributed by atoms with Crippen LogP contribution in [0, 0.1) is 17.1 Å². The van der Waals surface area contributed by atoms with Crippen LogP contribution in [0.3, 0.4) is 0 Å². The lowest BCUT2D eigenvalue weighted by molar-refractivity contribution is 0.0625. The molecule has 6 nitrogen and oxygen atoms in total. The fourth-order valence-electron chi connectivity index (χ4n) is 2.70. The van der Waals surface area contributed by atoms with Crippen molar-refractivity contribution in [2.24, 2.45) is 0 Å². The van der Waals surface area contributed by atoms with E-state index in [1.807, 2.05) is 20.8 Å². The van der Waals surface area contributed by atoms with Crippen molar-refractivity contribution in [3.63, 3.8) is 0 Å². The number of pyridine rings is 1. The number of carbonyl (C=O) groups excluding carboxylic acids is 1. The van der Waals surface area contributed by atoms with Gasteiger partial charge in [-0.25, -0.2) is 14.2 Å². The lowest BCUT2D eigenvalue weighted by atomic mass is 9.92. The number of nitrogens with one attached hydrogen (secondary N) is 2. The molecule has 1 heterocycles. The number of anilines is 1. The van der Waals surface area contributed by atoms with E-state index in [1.165, 1.54) is 0 Å². The van der Waals surface area contributed by atoms with Gasteiger partial charge >= 0.3 is 6.09 Å². The molecule has 8 heteroatoms. The number of alkyl carbamates (subject to hydrolysis) is 1. The number of rotatable bonds is 3. The molecular formula is C17H22ClFN4O2. The van der Waals surface area contributed by atoms with E-state index in [1.54, 1.807) is 6.07 Å². The van der Waals surface area contributed by atoms with Crippen LogP contribution in [-0.2, 0) is 4.74 Å². The van der Waals surface area contributed by atoms with Crippen LogP contribution >= 0.6 is 11.6 Å². The Morgan fingerprint density at radius 1 is 1.44 bits per heavy atom. The third kappa shape index (κ3) is 5.46. The molecule has 136 valence electrons. The van der Waals surface area contributed by atoms with Gasteiger partial charge in [-0.05, 0) is 46.1 Å². The third-order valence-corrected chi connectivity index (χ3v) is 4.10. The molecule has 0 radical (unpaired) electrons. The summed E-state index contributed by atoms with van der Waals surface area (Å²) in [5.41, 5.74) is -0.422. The van der Waals surface area contributed by atoms with Gasteiger partial charge in [-0.15, -0.1) is 0 Å². The summed E-state index contributed by atoms with van der Waals surface area (Å²) in [6.45, 7) is 5.59. The monoisotopic (exact) mass is 368 g/mol. The maximum atomic E-state index is 14.1. The van der Waals surface area contributed by atoms with E-state index in [0.29, 0.717) is 12.8 Å². The van der Waals surface area contributed by atoms with Crippen LogP contribution in [0.25, 0.3) is 0 Å². The summed E-state index contributed by atoms with van der Waals surface area (Å²) in [6.07, 6.45) is 2.36. The molecule has 1 fully saturated rings. The fraction of sp³-hybridized carbons (Fsp3) is 0.588. The largest absolute Gasteiger partial charge is 0.444 e. The van der Waals surface area contributed by atoms with E-state index in [-0.39, 0.29) is 22.6 Å². The number of ether oxygens (including phenoxy) is 1. The van der Waals surface area contributed by atoms with Gasteiger partial charge in [0.2, 0.25) is 0 Å². The van der Waals surface area contributed by atoms with E-state index in [9.17, 15) is 9.18 Å². The Bertz CT molecular complexity index is 684. The van der Waals surface area contributed by atoms with Gasteiger partial charge in [0.05, 0.1) is 11.6 Å². The minimum atomic E-state index is -0.663. The predicted octanol–water partition coefficient (Wildman–Crippen LogP) is 3.99. The van der Waals surface area contributed by atoms with Crippen LogP contribution in [0.2, 0.25) is 5.15 Å². The highest BCUT2D eigenvalue weighted by atomic mass is 35.5. The van der Waals surface area contributed by atoms with Gasteiger partial charge < -0.3 is 15.4 Å². The van der Waals surface area contributed by atoms with Crippen LogP contribution in [-0.4, -0.2) is 28.8 Å². The second-order valence-corrected chi connectivity index (χ2v) is 7.48. The summed E-state index contributed by atoms with van der Waals surface area (Å²) in [6, 6.07) is 2.56. The molecule has 0 unspecified atom stereocenters. The number of nitrogens with zero attached hydrogens (tertiary/aromatic N) is 2. The van der Waals surface area contributed by atoms with Crippen LogP contribution in [0.5, 0.6) is 0 Å². The van der Waals surface area contributed by atoms with Gasteiger partial charge in [0.25, 0.3) is 0 Å². The second kappa shape index (κ2) is 7.87. The molecule has 2 rings (SSSR count). The average molecular weight is 369 g/mol. The SMILES string of the molecule is CC(C)(C)NC(=O)O[C@H]1CCCC[C@H]1Nc1nc(Cl)c(C#N)cc1F. The number of nitriles is 1. The molecule has 1 saturated carbocycles. The van der Waals surface area contributed by atoms with Crippen molar-refractivity contribution in [3.8, 4) is 6.07 Å². The molecule has 0 aromatic carbocycles. The summed E-state index contributed by atoms with van der Waals surface area (Å²) >= 11 is 5.88. The molecule has 1 aromatic heterocycles. The zero-order chi connectivity index (χ0) is 18.6. The third-order valence-electron chi connectivity index (χ3n) is 3.81. The van der Waals surface area contributed by atoms with Crippen molar-refractivity contribution in [1.82, 2.24) is 10.3 Å². The molecule has 1 aliphatic rings. The Labute approximate surface area is 151 Å². The molecule has 1 aliphatic carbocycles. The lowest BCUT2D eigenvalue weighted by Crippen LogP contribution is -2.46. The van der Waals surface area contributed by atoms with Gasteiger partial charge in [0.15, 0.2) is 11.6 Å². The molecule has 1 amide bonds. The minimum Gasteiger partial charge on any atom is -0.444 e. The molecule has 0 spiro atoms. The van der Waals surface area contributed by atoms with Crippen molar-refractivity contribution < 1.29 is 13.9 Å². The first-order valence-corrected chi connectivity index (χ1v) is 8.59. The average Bonchev–Trinajstić information content (AvgIpc) is 2.50. The van der Waals surface area contributed by atoms with Crippen molar-refractivity contribution in [3.05, 3.63) is 22.6 Å². The zero-order valence-electron chi connectivity index (χ0n) is 14.5. The molecule has 2 N–H and O–H groups in total. The van der Waals surface area contributed by atoms with Crippen LogP contribution in [0.4, 0.5) is 15.0 Å². The number of carbonyl (C=O) groups is 1. The van der Waals surface area contributed by atoms with Crippen molar-refractivity contribution in [2.75, 3.05) is 5.32 Å². The Balaban J connectivity index is 2.10. The summed E-state index contributed by atoms with van der Waals surface area (Å²) in [5, 5.41) is 14.5. The molecule has 0 saturated heterocycles. The Morgan fingerprint density at radius 2 is 2.12 bits per heavy atom. The minimum absolute atomic E-state index is 0.0225. The van der Waals surface area contributed by atoms with Crippen molar-refractivity contribution in [2.45, 2.75) is 64.1 Å². The van der Waals surface area contributed by atoms with E-state index >= 15 is 0 Å².